The number of aromatic nitrogens is 2. The molecule has 2 rings (SSSR count). The molecule has 0 aliphatic rings. The SMILES string of the molecule is Cc1nn(-c2ccc(N)cc2C(F)(F)F)c(C)c1Br. The number of hydrogen-bond donors (Lipinski definition) is 1. The molecule has 0 unspecified atom stereocenters. The zero-order valence-electron chi connectivity index (χ0n) is 10.2. The Kier molecular flexibility index (Phi) is 3.34. The number of hydrogen-bond acceptors (Lipinski definition) is 2. The normalized spacial score (nSPS) is 11.9. The fourth-order valence-electron chi connectivity index (χ4n) is 1.82. The van der Waals surface area contributed by atoms with Gasteiger partial charge in [-0.25, -0.2) is 4.68 Å². The van der Waals surface area contributed by atoms with Crippen LogP contribution in [0.15, 0.2) is 22.7 Å². The van der Waals surface area contributed by atoms with E-state index in [1.807, 2.05) is 0 Å². The zero-order valence-corrected chi connectivity index (χ0v) is 11.8. The Hall–Kier alpha value is -1.50. The summed E-state index contributed by atoms with van der Waals surface area (Å²) in [4.78, 5) is 0. The Morgan fingerprint density at radius 2 is 1.89 bits per heavy atom. The van der Waals surface area contributed by atoms with E-state index in [-0.39, 0.29) is 11.4 Å². The maximum Gasteiger partial charge on any atom is 0.418 e. The number of benzene rings is 1. The minimum atomic E-state index is -4.48. The molecule has 1 heterocycles. The second-order valence-electron chi connectivity index (χ2n) is 4.17. The average molecular weight is 334 g/mol. The van der Waals surface area contributed by atoms with Gasteiger partial charge in [-0.05, 0) is 48.0 Å². The minimum Gasteiger partial charge on any atom is -0.399 e. The van der Waals surface area contributed by atoms with Gasteiger partial charge in [-0.1, -0.05) is 0 Å². The highest BCUT2D eigenvalue weighted by Crippen LogP contribution is 2.36. The molecule has 0 spiro atoms. The second-order valence-corrected chi connectivity index (χ2v) is 4.96. The van der Waals surface area contributed by atoms with Crippen molar-refractivity contribution in [2.45, 2.75) is 20.0 Å². The highest BCUT2D eigenvalue weighted by Gasteiger charge is 2.35. The highest BCUT2D eigenvalue weighted by molar-refractivity contribution is 9.10. The molecular formula is C12H11BrF3N3. The van der Waals surface area contributed by atoms with Crippen LogP contribution in [-0.4, -0.2) is 9.78 Å². The van der Waals surface area contributed by atoms with Crippen LogP contribution in [0.25, 0.3) is 5.69 Å². The van der Waals surface area contributed by atoms with Gasteiger partial charge in [0.15, 0.2) is 0 Å². The van der Waals surface area contributed by atoms with Crippen LogP contribution in [0, 0.1) is 13.8 Å². The van der Waals surface area contributed by atoms with Crippen molar-refractivity contribution in [2.75, 3.05) is 5.73 Å². The lowest BCUT2D eigenvalue weighted by Crippen LogP contribution is -2.13. The summed E-state index contributed by atoms with van der Waals surface area (Å²) in [6.07, 6.45) is -4.48. The predicted molar refractivity (Wildman–Crippen MR) is 70.2 cm³/mol. The molecule has 19 heavy (non-hydrogen) atoms. The van der Waals surface area contributed by atoms with Crippen molar-refractivity contribution in [1.29, 1.82) is 0 Å². The fraction of sp³-hybridized carbons (Fsp3) is 0.250. The van der Waals surface area contributed by atoms with Gasteiger partial charge >= 0.3 is 6.18 Å². The van der Waals surface area contributed by atoms with Gasteiger partial charge in [0.2, 0.25) is 0 Å². The van der Waals surface area contributed by atoms with Crippen LogP contribution in [0.3, 0.4) is 0 Å². The number of alkyl halides is 3. The van der Waals surface area contributed by atoms with Gasteiger partial charge in [-0.2, -0.15) is 18.3 Å². The lowest BCUT2D eigenvalue weighted by atomic mass is 10.1. The molecule has 0 aliphatic carbocycles. The van der Waals surface area contributed by atoms with Gasteiger partial charge in [0.05, 0.1) is 27.1 Å². The standard InChI is InChI=1S/C12H11BrF3N3/c1-6-11(13)7(2)19(18-6)10-4-3-8(17)5-9(10)12(14,15)16/h3-5H,17H2,1-2H3. The van der Waals surface area contributed by atoms with Gasteiger partial charge in [-0.3, -0.25) is 0 Å². The first-order valence-electron chi connectivity index (χ1n) is 5.40. The van der Waals surface area contributed by atoms with E-state index >= 15 is 0 Å². The lowest BCUT2D eigenvalue weighted by Gasteiger charge is -2.14. The number of halogens is 4. The molecule has 1 aromatic carbocycles. The Morgan fingerprint density at radius 3 is 2.37 bits per heavy atom. The summed E-state index contributed by atoms with van der Waals surface area (Å²) >= 11 is 3.30. The smallest absolute Gasteiger partial charge is 0.399 e. The Balaban J connectivity index is 2.72. The summed E-state index contributed by atoms with van der Waals surface area (Å²) < 4.78 is 41.1. The summed E-state index contributed by atoms with van der Waals surface area (Å²) in [5, 5.41) is 4.11. The molecule has 1 aromatic heterocycles. The minimum absolute atomic E-state index is 0.0343. The first kappa shape index (κ1) is 13.9. The first-order valence-corrected chi connectivity index (χ1v) is 6.20. The Morgan fingerprint density at radius 1 is 1.26 bits per heavy atom. The van der Waals surface area contributed by atoms with E-state index < -0.39 is 11.7 Å². The summed E-state index contributed by atoms with van der Waals surface area (Å²) in [5.41, 5.74) is 5.90. The van der Waals surface area contributed by atoms with Crippen molar-refractivity contribution in [2.24, 2.45) is 0 Å². The molecule has 2 aromatic rings. The third-order valence-electron chi connectivity index (χ3n) is 2.76. The van der Waals surface area contributed by atoms with Crippen molar-refractivity contribution < 1.29 is 13.2 Å². The number of nitrogen functional groups attached to an aromatic ring is 1. The van der Waals surface area contributed by atoms with Crippen LogP contribution < -0.4 is 5.73 Å². The lowest BCUT2D eigenvalue weighted by molar-refractivity contribution is -0.137. The number of anilines is 1. The van der Waals surface area contributed by atoms with Crippen LogP contribution in [0.2, 0.25) is 0 Å². The predicted octanol–water partition coefficient (Wildman–Crippen LogP) is 3.85. The van der Waals surface area contributed by atoms with E-state index in [4.69, 9.17) is 5.73 Å². The highest BCUT2D eigenvalue weighted by atomic mass is 79.9. The van der Waals surface area contributed by atoms with Crippen molar-refractivity contribution in [1.82, 2.24) is 9.78 Å². The van der Waals surface area contributed by atoms with Gasteiger partial charge in [-0.15, -0.1) is 0 Å². The molecule has 0 radical (unpaired) electrons. The van der Waals surface area contributed by atoms with Gasteiger partial charge in [0.25, 0.3) is 0 Å². The second kappa shape index (κ2) is 4.56. The maximum atomic E-state index is 13.0. The summed E-state index contributed by atoms with van der Waals surface area (Å²) in [6.45, 7) is 3.42. The molecule has 2 N–H and O–H groups in total. The topological polar surface area (TPSA) is 43.8 Å². The summed E-state index contributed by atoms with van der Waals surface area (Å²) in [5.74, 6) is 0. The molecular weight excluding hydrogens is 323 g/mol. The molecule has 3 nitrogen and oxygen atoms in total. The molecule has 0 atom stereocenters. The Bertz CT molecular complexity index is 632. The molecule has 0 amide bonds. The number of nitrogens with two attached hydrogens (primary N) is 1. The molecule has 102 valence electrons. The molecule has 0 fully saturated rings. The number of rotatable bonds is 1. The third-order valence-corrected chi connectivity index (χ3v) is 3.90. The summed E-state index contributed by atoms with van der Waals surface area (Å²) in [6, 6.07) is 3.67. The number of aryl methyl sites for hydroxylation is 1. The monoisotopic (exact) mass is 333 g/mol. The van der Waals surface area contributed by atoms with E-state index in [9.17, 15) is 13.2 Å². The molecule has 0 aliphatic heterocycles. The van der Waals surface area contributed by atoms with Gasteiger partial charge in [0.1, 0.15) is 0 Å². The fourth-order valence-corrected chi connectivity index (χ4v) is 2.07. The molecule has 7 heteroatoms. The van der Waals surface area contributed by atoms with Crippen molar-refractivity contribution >= 4 is 21.6 Å². The van der Waals surface area contributed by atoms with Gasteiger partial charge < -0.3 is 5.73 Å². The van der Waals surface area contributed by atoms with E-state index in [1.165, 1.54) is 16.8 Å². The average Bonchev–Trinajstić information content (AvgIpc) is 2.56. The van der Waals surface area contributed by atoms with E-state index in [0.29, 0.717) is 15.9 Å². The van der Waals surface area contributed by atoms with Crippen molar-refractivity contribution in [3.63, 3.8) is 0 Å². The largest absolute Gasteiger partial charge is 0.418 e. The zero-order chi connectivity index (χ0) is 14.4. The van der Waals surface area contributed by atoms with Crippen LogP contribution in [-0.2, 0) is 6.18 Å². The third kappa shape index (κ3) is 2.47. The molecule has 0 saturated carbocycles. The van der Waals surface area contributed by atoms with E-state index in [1.54, 1.807) is 13.8 Å². The number of nitrogens with zero attached hydrogens (tertiary/aromatic N) is 2. The Labute approximate surface area is 116 Å². The summed E-state index contributed by atoms with van der Waals surface area (Å²) in [7, 11) is 0. The molecule has 0 saturated heterocycles. The van der Waals surface area contributed by atoms with Crippen LogP contribution in [0.1, 0.15) is 17.0 Å². The van der Waals surface area contributed by atoms with Crippen LogP contribution in [0.5, 0.6) is 0 Å². The van der Waals surface area contributed by atoms with Crippen molar-refractivity contribution in [3.05, 3.63) is 39.6 Å². The van der Waals surface area contributed by atoms with Crippen LogP contribution in [0.4, 0.5) is 18.9 Å². The van der Waals surface area contributed by atoms with Crippen molar-refractivity contribution in [3.8, 4) is 5.69 Å². The quantitative estimate of drug-likeness (QED) is 0.805. The van der Waals surface area contributed by atoms with Gasteiger partial charge in [0, 0.05) is 5.69 Å². The van der Waals surface area contributed by atoms with Crippen LogP contribution >= 0.6 is 15.9 Å². The first-order chi connectivity index (χ1) is 8.71. The maximum absolute atomic E-state index is 13.0. The van der Waals surface area contributed by atoms with E-state index in [2.05, 4.69) is 21.0 Å². The molecule has 0 bridgehead atoms. The van der Waals surface area contributed by atoms with E-state index in [0.717, 1.165) is 6.07 Å².